The molecule has 27 heavy (non-hydrogen) atoms. The molecule has 2 aromatic rings. The lowest BCUT2D eigenvalue weighted by molar-refractivity contribution is 0.122. The van der Waals surface area contributed by atoms with Gasteiger partial charge in [-0.25, -0.2) is 4.79 Å². The van der Waals surface area contributed by atoms with Gasteiger partial charge in [0.2, 0.25) is 0 Å². The Balaban J connectivity index is 1.39. The third-order valence-electron chi connectivity index (χ3n) is 5.20. The maximum atomic E-state index is 11.5. The highest BCUT2D eigenvalue weighted by Gasteiger charge is 2.24. The minimum atomic E-state index is -0.464. The maximum Gasteiger partial charge on any atom is 0.327 e. The van der Waals surface area contributed by atoms with Crippen molar-refractivity contribution in [2.75, 3.05) is 49.2 Å². The third-order valence-corrected chi connectivity index (χ3v) is 5.20. The van der Waals surface area contributed by atoms with Crippen LogP contribution in [-0.4, -0.2) is 55.4 Å². The molecule has 2 saturated heterocycles. The predicted octanol–water partition coefficient (Wildman–Crippen LogP) is 0.268. The topological polar surface area (TPSA) is 93.5 Å². The molecular formula is C19H25N5O3. The van der Waals surface area contributed by atoms with Gasteiger partial charge in [-0.3, -0.25) is 14.8 Å². The minimum absolute atomic E-state index is 0.311. The van der Waals surface area contributed by atoms with E-state index in [4.69, 9.17) is 4.74 Å². The number of hydrogen-bond donors (Lipinski definition) is 3. The number of aromatic amines is 2. The number of aromatic nitrogens is 2. The lowest BCUT2D eigenvalue weighted by Crippen LogP contribution is -2.38. The lowest BCUT2D eigenvalue weighted by Gasteiger charge is -2.31. The van der Waals surface area contributed by atoms with Crippen molar-refractivity contribution < 1.29 is 4.74 Å². The molecule has 1 aromatic heterocycles. The zero-order chi connectivity index (χ0) is 18.6. The number of ether oxygens (including phenoxy) is 1. The molecule has 1 atom stereocenters. The van der Waals surface area contributed by atoms with Gasteiger partial charge in [0.05, 0.1) is 13.2 Å². The minimum Gasteiger partial charge on any atom is -0.378 e. The summed E-state index contributed by atoms with van der Waals surface area (Å²) in [5.41, 5.74) is 1.71. The molecule has 0 spiro atoms. The van der Waals surface area contributed by atoms with Gasteiger partial charge in [-0.1, -0.05) is 18.2 Å². The fraction of sp³-hybridized carbons (Fsp3) is 0.474. The molecule has 0 radical (unpaired) electrons. The summed E-state index contributed by atoms with van der Waals surface area (Å²) >= 11 is 0. The Hall–Kier alpha value is -2.58. The fourth-order valence-electron chi connectivity index (χ4n) is 3.80. The Morgan fingerprint density at radius 1 is 1.07 bits per heavy atom. The smallest absolute Gasteiger partial charge is 0.327 e. The molecule has 0 unspecified atom stereocenters. The first-order chi connectivity index (χ1) is 13.2. The Labute approximate surface area is 157 Å². The summed E-state index contributed by atoms with van der Waals surface area (Å²) in [5, 5.41) is 3.63. The van der Waals surface area contributed by atoms with E-state index < -0.39 is 5.69 Å². The molecular weight excluding hydrogens is 346 g/mol. The SMILES string of the molecule is O=c1cc(N2CC[C@@H](NCc3ccccc3N3CCOCC3)C2)[nH]c(=O)[nH]1. The molecule has 2 aliphatic rings. The van der Waals surface area contributed by atoms with Gasteiger partial charge in [-0.05, 0) is 18.1 Å². The molecule has 4 rings (SSSR count). The number of para-hydroxylation sites is 1. The van der Waals surface area contributed by atoms with Crippen LogP contribution in [0.4, 0.5) is 11.5 Å². The van der Waals surface area contributed by atoms with E-state index in [2.05, 4.69) is 44.5 Å². The Kier molecular flexibility index (Phi) is 5.26. The lowest BCUT2D eigenvalue weighted by atomic mass is 10.1. The highest BCUT2D eigenvalue weighted by Crippen LogP contribution is 2.22. The van der Waals surface area contributed by atoms with Crippen LogP contribution < -0.4 is 26.4 Å². The van der Waals surface area contributed by atoms with Crippen molar-refractivity contribution in [2.45, 2.75) is 19.0 Å². The first kappa shape index (κ1) is 17.8. The number of rotatable bonds is 5. The van der Waals surface area contributed by atoms with E-state index in [-0.39, 0.29) is 5.56 Å². The van der Waals surface area contributed by atoms with Crippen molar-refractivity contribution in [1.29, 1.82) is 0 Å². The van der Waals surface area contributed by atoms with Gasteiger partial charge in [-0.15, -0.1) is 0 Å². The Morgan fingerprint density at radius 3 is 2.70 bits per heavy atom. The molecule has 0 bridgehead atoms. The number of hydrogen-bond acceptors (Lipinski definition) is 6. The van der Waals surface area contributed by atoms with Gasteiger partial charge in [0.15, 0.2) is 0 Å². The molecule has 3 N–H and O–H groups in total. The van der Waals surface area contributed by atoms with E-state index in [1.807, 2.05) is 4.90 Å². The van der Waals surface area contributed by atoms with E-state index in [1.54, 1.807) is 0 Å². The summed E-state index contributed by atoms with van der Waals surface area (Å²) in [6.45, 7) is 5.75. The number of benzene rings is 1. The van der Waals surface area contributed by atoms with Crippen LogP contribution in [0.3, 0.4) is 0 Å². The molecule has 0 amide bonds. The average Bonchev–Trinajstić information content (AvgIpc) is 3.16. The molecule has 144 valence electrons. The van der Waals surface area contributed by atoms with Crippen LogP contribution in [0.5, 0.6) is 0 Å². The van der Waals surface area contributed by atoms with Crippen molar-refractivity contribution >= 4 is 11.5 Å². The highest BCUT2D eigenvalue weighted by atomic mass is 16.5. The summed E-state index contributed by atoms with van der Waals surface area (Å²) in [6.07, 6.45) is 0.967. The first-order valence-electron chi connectivity index (χ1n) is 9.41. The van der Waals surface area contributed by atoms with E-state index in [0.29, 0.717) is 11.9 Å². The quantitative estimate of drug-likeness (QED) is 0.699. The van der Waals surface area contributed by atoms with Crippen LogP contribution in [0.1, 0.15) is 12.0 Å². The standard InChI is InChI=1S/C19H25N5O3/c25-18-11-17(21-19(26)22-18)24-6-5-15(13-24)20-12-14-3-1-2-4-16(14)23-7-9-27-10-8-23/h1-4,11,15,20H,5-10,12-13H2,(H2,21,22,25,26)/t15-/m1/s1. The van der Waals surface area contributed by atoms with Gasteiger partial charge in [0, 0.05) is 50.5 Å². The van der Waals surface area contributed by atoms with Gasteiger partial charge < -0.3 is 19.9 Å². The van der Waals surface area contributed by atoms with E-state index in [9.17, 15) is 9.59 Å². The van der Waals surface area contributed by atoms with Gasteiger partial charge in [-0.2, -0.15) is 0 Å². The monoisotopic (exact) mass is 371 g/mol. The number of morpholine rings is 1. The van der Waals surface area contributed by atoms with Crippen LogP contribution in [-0.2, 0) is 11.3 Å². The van der Waals surface area contributed by atoms with Crippen molar-refractivity contribution in [2.24, 2.45) is 0 Å². The second-order valence-corrected chi connectivity index (χ2v) is 7.01. The van der Waals surface area contributed by atoms with Crippen LogP contribution >= 0.6 is 0 Å². The van der Waals surface area contributed by atoms with Crippen molar-refractivity contribution in [3.63, 3.8) is 0 Å². The van der Waals surface area contributed by atoms with Crippen LogP contribution in [0.15, 0.2) is 39.9 Å². The normalized spacial score (nSPS) is 20.2. The number of nitrogens with one attached hydrogen (secondary N) is 3. The summed E-state index contributed by atoms with van der Waals surface area (Å²) in [5.74, 6) is 0.585. The molecule has 0 saturated carbocycles. The molecule has 2 fully saturated rings. The van der Waals surface area contributed by atoms with Crippen LogP contribution in [0.2, 0.25) is 0 Å². The predicted molar refractivity (Wildman–Crippen MR) is 105 cm³/mol. The van der Waals surface area contributed by atoms with Gasteiger partial charge in [0.1, 0.15) is 5.82 Å². The second kappa shape index (κ2) is 7.98. The highest BCUT2D eigenvalue weighted by molar-refractivity contribution is 5.54. The average molecular weight is 371 g/mol. The van der Waals surface area contributed by atoms with E-state index in [0.717, 1.165) is 52.4 Å². The van der Waals surface area contributed by atoms with Gasteiger partial charge >= 0.3 is 5.69 Å². The largest absolute Gasteiger partial charge is 0.378 e. The second-order valence-electron chi connectivity index (χ2n) is 7.01. The molecule has 0 aliphatic carbocycles. The molecule has 3 heterocycles. The van der Waals surface area contributed by atoms with E-state index in [1.165, 1.54) is 17.3 Å². The molecule has 1 aromatic carbocycles. The van der Waals surface area contributed by atoms with Crippen molar-refractivity contribution in [1.82, 2.24) is 15.3 Å². The number of H-pyrrole nitrogens is 2. The maximum absolute atomic E-state index is 11.5. The third kappa shape index (κ3) is 4.23. The number of nitrogens with zero attached hydrogens (tertiary/aromatic N) is 2. The Bertz CT molecular complexity index is 859. The first-order valence-corrected chi connectivity index (χ1v) is 9.41. The fourth-order valence-corrected chi connectivity index (χ4v) is 3.80. The number of anilines is 2. The summed E-state index contributed by atoms with van der Waals surface area (Å²) < 4.78 is 5.46. The van der Waals surface area contributed by atoms with Gasteiger partial charge in [0.25, 0.3) is 5.56 Å². The van der Waals surface area contributed by atoms with Crippen molar-refractivity contribution in [3.05, 3.63) is 56.7 Å². The summed E-state index contributed by atoms with van der Waals surface area (Å²) in [6, 6.07) is 10.2. The molecule has 8 heteroatoms. The van der Waals surface area contributed by atoms with Crippen LogP contribution in [0, 0.1) is 0 Å². The van der Waals surface area contributed by atoms with E-state index >= 15 is 0 Å². The van der Waals surface area contributed by atoms with Crippen LogP contribution in [0.25, 0.3) is 0 Å². The summed E-state index contributed by atoms with van der Waals surface area (Å²) in [7, 11) is 0. The summed E-state index contributed by atoms with van der Waals surface area (Å²) in [4.78, 5) is 32.3. The molecule has 2 aliphatic heterocycles. The van der Waals surface area contributed by atoms with Crippen molar-refractivity contribution in [3.8, 4) is 0 Å². The molecule has 8 nitrogen and oxygen atoms in total. The zero-order valence-electron chi connectivity index (χ0n) is 15.2. The Morgan fingerprint density at radius 2 is 1.89 bits per heavy atom. The zero-order valence-corrected chi connectivity index (χ0v) is 15.2.